The molecule has 0 aromatic heterocycles. The quantitative estimate of drug-likeness (QED) is 0.518. The molecule has 1 fully saturated rings. The van der Waals surface area contributed by atoms with E-state index in [0.717, 1.165) is 11.3 Å². The molecule has 0 N–H and O–H groups in total. The first-order chi connectivity index (χ1) is 16.4. The van der Waals surface area contributed by atoms with E-state index in [9.17, 15) is 13.2 Å². The van der Waals surface area contributed by atoms with Crippen molar-refractivity contribution in [3.63, 3.8) is 0 Å². The lowest BCUT2D eigenvalue weighted by Crippen LogP contribution is -2.52. The molecule has 0 aliphatic carbocycles. The molecule has 0 radical (unpaired) electrons. The van der Waals surface area contributed by atoms with Gasteiger partial charge in [-0.2, -0.15) is 0 Å². The van der Waals surface area contributed by atoms with Crippen molar-refractivity contribution in [2.45, 2.75) is 11.8 Å². The Hall–Kier alpha value is -3.52. The fourth-order valence-corrected chi connectivity index (χ4v) is 5.40. The van der Waals surface area contributed by atoms with Crippen molar-refractivity contribution in [2.75, 3.05) is 49.0 Å². The number of benzene rings is 3. The van der Waals surface area contributed by atoms with Gasteiger partial charge in [0.15, 0.2) is 0 Å². The first kappa shape index (κ1) is 23.6. The maximum absolute atomic E-state index is 13.6. The number of hydrogen-bond acceptors (Lipinski definition) is 5. The molecule has 0 bridgehead atoms. The zero-order valence-electron chi connectivity index (χ0n) is 19.4. The van der Waals surface area contributed by atoms with Crippen LogP contribution in [0.4, 0.5) is 11.4 Å². The maximum Gasteiger partial charge on any atom is 0.264 e. The van der Waals surface area contributed by atoms with E-state index in [1.807, 2.05) is 25.1 Å². The van der Waals surface area contributed by atoms with Crippen molar-refractivity contribution >= 4 is 27.3 Å². The zero-order chi connectivity index (χ0) is 24.1. The van der Waals surface area contributed by atoms with Gasteiger partial charge in [0.25, 0.3) is 10.0 Å². The summed E-state index contributed by atoms with van der Waals surface area (Å²) >= 11 is 0. The number of piperazine rings is 1. The smallest absolute Gasteiger partial charge is 0.264 e. The third-order valence-corrected chi connectivity index (χ3v) is 7.77. The molecule has 1 saturated heterocycles. The first-order valence-corrected chi connectivity index (χ1v) is 12.6. The minimum atomic E-state index is -3.96. The molecule has 0 spiro atoms. The lowest BCUT2D eigenvalue weighted by Gasteiger charge is -2.37. The fourth-order valence-electron chi connectivity index (χ4n) is 3.99. The molecule has 178 valence electrons. The molecular weight excluding hydrogens is 450 g/mol. The lowest BCUT2D eigenvalue weighted by atomic mass is 10.2. The number of carbonyl (C=O) groups is 1. The van der Waals surface area contributed by atoms with E-state index in [4.69, 9.17) is 4.74 Å². The van der Waals surface area contributed by atoms with Crippen molar-refractivity contribution in [3.8, 4) is 5.75 Å². The van der Waals surface area contributed by atoms with E-state index in [1.54, 1.807) is 53.4 Å². The summed E-state index contributed by atoms with van der Waals surface area (Å²) in [6.07, 6.45) is 0. The van der Waals surface area contributed by atoms with E-state index in [0.29, 0.717) is 37.6 Å². The summed E-state index contributed by atoms with van der Waals surface area (Å²) in [5, 5.41) is 0. The molecule has 34 heavy (non-hydrogen) atoms. The number of ether oxygens (including phenoxy) is 1. The van der Waals surface area contributed by atoms with Gasteiger partial charge in [-0.3, -0.25) is 9.10 Å². The summed E-state index contributed by atoms with van der Waals surface area (Å²) in [5.74, 6) is 0.289. The van der Waals surface area contributed by atoms with Crippen LogP contribution in [0, 0.1) is 6.92 Å². The molecule has 0 saturated carbocycles. The Labute approximate surface area is 201 Å². The molecule has 0 atom stereocenters. The molecule has 4 rings (SSSR count). The van der Waals surface area contributed by atoms with Gasteiger partial charge in [0, 0.05) is 37.9 Å². The molecule has 0 unspecified atom stereocenters. The Morgan fingerprint density at radius 3 is 2.24 bits per heavy atom. The second kappa shape index (κ2) is 10.2. The number of rotatable bonds is 7. The van der Waals surface area contributed by atoms with E-state index in [2.05, 4.69) is 17.0 Å². The van der Waals surface area contributed by atoms with Gasteiger partial charge in [-0.25, -0.2) is 8.42 Å². The van der Waals surface area contributed by atoms with Gasteiger partial charge in [0.1, 0.15) is 12.3 Å². The minimum Gasteiger partial charge on any atom is -0.497 e. The van der Waals surface area contributed by atoms with Crippen molar-refractivity contribution in [1.82, 2.24) is 4.90 Å². The number of sulfonamides is 1. The average molecular weight is 480 g/mol. The van der Waals surface area contributed by atoms with Crippen LogP contribution in [-0.4, -0.2) is 59.1 Å². The molecule has 1 aliphatic heterocycles. The highest BCUT2D eigenvalue weighted by Crippen LogP contribution is 2.27. The normalized spacial score (nSPS) is 14.1. The molecule has 7 nitrogen and oxygen atoms in total. The molecular formula is C26H29N3O4S. The Balaban J connectivity index is 1.56. The van der Waals surface area contributed by atoms with Crippen LogP contribution in [0.2, 0.25) is 0 Å². The maximum atomic E-state index is 13.6. The number of carbonyl (C=O) groups excluding carboxylic acids is 1. The largest absolute Gasteiger partial charge is 0.497 e. The third kappa shape index (κ3) is 5.17. The number of anilines is 2. The number of aryl methyl sites for hydroxylation is 1. The zero-order valence-corrected chi connectivity index (χ0v) is 20.2. The lowest BCUT2D eigenvalue weighted by molar-refractivity contribution is -0.129. The number of methoxy groups -OCH3 is 1. The second-order valence-electron chi connectivity index (χ2n) is 8.23. The Morgan fingerprint density at radius 1 is 0.912 bits per heavy atom. The summed E-state index contributed by atoms with van der Waals surface area (Å²) in [6, 6.07) is 23.5. The molecule has 3 aromatic carbocycles. The fraction of sp³-hybridized carbons (Fsp3) is 0.269. The van der Waals surface area contributed by atoms with Crippen LogP contribution in [0.3, 0.4) is 0 Å². The summed E-state index contributed by atoms with van der Waals surface area (Å²) in [6.45, 7) is 4.07. The van der Waals surface area contributed by atoms with Crippen LogP contribution in [0.15, 0.2) is 83.8 Å². The second-order valence-corrected chi connectivity index (χ2v) is 10.1. The SMILES string of the molecule is COc1cccc(N(CC(=O)N2CCN(c3ccccc3)CC2)S(=O)(=O)c2ccc(C)cc2)c1. The van der Waals surface area contributed by atoms with Gasteiger partial charge in [-0.1, -0.05) is 42.0 Å². The van der Waals surface area contributed by atoms with Crippen LogP contribution in [0.5, 0.6) is 5.75 Å². The van der Waals surface area contributed by atoms with Gasteiger partial charge >= 0.3 is 0 Å². The summed E-state index contributed by atoms with van der Waals surface area (Å²) < 4.78 is 33.7. The standard InChI is InChI=1S/C26H29N3O4S/c1-21-11-13-25(14-12-21)34(31,32)29(23-9-6-10-24(19-23)33-2)20-26(30)28-17-15-27(16-18-28)22-7-4-3-5-8-22/h3-14,19H,15-18,20H2,1-2H3. The van der Waals surface area contributed by atoms with E-state index in [1.165, 1.54) is 11.4 Å². The Kier molecular flexibility index (Phi) is 7.07. The van der Waals surface area contributed by atoms with E-state index < -0.39 is 10.0 Å². The minimum absolute atomic E-state index is 0.141. The van der Waals surface area contributed by atoms with Crippen LogP contribution >= 0.6 is 0 Å². The molecule has 3 aromatic rings. The van der Waals surface area contributed by atoms with Gasteiger partial charge in [-0.15, -0.1) is 0 Å². The highest BCUT2D eigenvalue weighted by atomic mass is 32.2. The van der Waals surface area contributed by atoms with Crippen molar-refractivity contribution in [2.24, 2.45) is 0 Å². The van der Waals surface area contributed by atoms with Gasteiger partial charge < -0.3 is 14.5 Å². The van der Waals surface area contributed by atoms with Crippen molar-refractivity contribution in [1.29, 1.82) is 0 Å². The Morgan fingerprint density at radius 2 is 1.59 bits per heavy atom. The van der Waals surface area contributed by atoms with Crippen molar-refractivity contribution < 1.29 is 17.9 Å². The predicted molar refractivity (Wildman–Crippen MR) is 134 cm³/mol. The van der Waals surface area contributed by atoms with E-state index >= 15 is 0 Å². The Bertz CT molecular complexity index is 1220. The van der Waals surface area contributed by atoms with E-state index in [-0.39, 0.29) is 17.3 Å². The first-order valence-electron chi connectivity index (χ1n) is 11.2. The molecule has 1 aliphatic rings. The van der Waals surface area contributed by atoms with Gasteiger partial charge in [-0.05, 0) is 43.3 Å². The molecule has 1 heterocycles. The number of amides is 1. The number of hydrogen-bond donors (Lipinski definition) is 0. The van der Waals surface area contributed by atoms with Crippen LogP contribution < -0.4 is 13.9 Å². The topological polar surface area (TPSA) is 70.2 Å². The summed E-state index contributed by atoms with van der Waals surface area (Å²) in [5.41, 5.74) is 2.46. The predicted octanol–water partition coefficient (Wildman–Crippen LogP) is 3.55. The van der Waals surface area contributed by atoms with Crippen LogP contribution in [0.25, 0.3) is 0 Å². The van der Waals surface area contributed by atoms with Crippen LogP contribution in [-0.2, 0) is 14.8 Å². The highest BCUT2D eigenvalue weighted by Gasteiger charge is 2.30. The summed E-state index contributed by atoms with van der Waals surface area (Å²) in [4.78, 5) is 17.4. The molecule has 1 amide bonds. The average Bonchev–Trinajstić information content (AvgIpc) is 2.88. The van der Waals surface area contributed by atoms with Gasteiger partial charge in [0.05, 0.1) is 17.7 Å². The molecule has 8 heteroatoms. The summed E-state index contributed by atoms with van der Waals surface area (Å²) in [7, 11) is -2.44. The number of para-hydroxylation sites is 1. The van der Waals surface area contributed by atoms with Crippen LogP contribution in [0.1, 0.15) is 5.56 Å². The highest BCUT2D eigenvalue weighted by molar-refractivity contribution is 7.92. The number of nitrogens with zero attached hydrogens (tertiary/aromatic N) is 3. The van der Waals surface area contributed by atoms with Crippen molar-refractivity contribution in [3.05, 3.63) is 84.4 Å². The third-order valence-electron chi connectivity index (χ3n) is 5.98. The monoisotopic (exact) mass is 479 g/mol. The van der Waals surface area contributed by atoms with Gasteiger partial charge in [0.2, 0.25) is 5.91 Å².